The van der Waals surface area contributed by atoms with E-state index in [1.54, 1.807) is 6.20 Å². The summed E-state index contributed by atoms with van der Waals surface area (Å²) in [5, 5.41) is 5.92. The minimum absolute atomic E-state index is 0.0686. The molecule has 106 valence electrons. The zero-order valence-corrected chi connectivity index (χ0v) is 12.2. The monoisotopic (exact) mass is 264 g/mol. The Bertz CT molecular complexity index is 406. The normalized spacial score (nSPS) is 10.8. The summed E-state index contributed by atoms with van der Waals surface area (Å²) in [5.41, 5.74) is 1.14. The standard InChI is InChI=1S/C14H24N4O/c1-11(2)8-17-14(19)10-18(4)9-12-5-6-16-13(7-12)15-3/h5-7,11H,8-10H2,1-4H3,(H,15,16)(H,17,19). The van der Waals surface area contributed by atoms with Crippen LogP contribution >= 0.6 is 0 Å². The second-order valence-electron chi connectivity index (χ2n) is 5.17. The van der Waals surface area contributed by atoms with Crippen LogP contribution in [0.25, 0.3) is 0 Å². The molecule has 0 saturated heterocycles. The number of likely N-dealkylation sites (N-methyl/N-ethyl adjacent to an activating group) is 1. The molecule has 19 heavy (non-hydrogen) atoms. The molecule has 0 aliphatic rings. The number of hydrogen-bond donors (Lipinski definition) is 2. The number of nitrogens with zero attached hydrogens (tertiary/aromatic N) is 2. The summed E-state index contributed by atoms with van der Waals surface area (Å²) in [6.07, 6.45) is 1.77. The molecular weight excluding hydrogens is 240 g/mol. The lowest BCUT2D eigenvalue weighted by atomic mass is 10.2. The molecule has 0 radical (unpaired) electrons. The number of hydrogen-bond acceptors (Lipinski definition) is 4. The molecule has 1 rings (SSSR count). The first-order valence-corrected chi connectivity index (χ1v) is 6.59. The van der Waals surface area contributed by atoms with Gasteiger partial charge in [0.15, 0.2) is 0 Å². The van der Waals surface area contributed by atoms with Crippen LogP contribution in [-0.2, 0) is 11.3 Å². The van der Waals surface area contributed by atoms with Crippen LogP contribution in [-0.4, -0.2) is 43.0 Å². The van der Waals surface area contributed by atoms with E-state index in [0.717, 1.165) is 24.5 Å². The third-order valence-corrected chi connectivity index (χ3v) is 2.65. The zero-order chi connectivity index (χ0) is 14.3. The zero-order valence-electron chi connectivity index (χ0n) is 12.2. The highest BCUT2D eigenvalue weighted by Gasteiger charge is 2.07. The predicted octanol–water partition coefficient (Wildman–Crippen LogP) is 1.33. The average molecular weight is 264 g/mol. The van der Waals surface area contributed by atoms with Gasteiger partial charge in [-0.1, -0.05) is 13.8 Å². The maximum atomic E-state index is 11.7. The van der Waals surface area contributed by atoms with Crippen LogP contribution in [0, 0.1) is 5.92 Å². The van der Waals surface area contributed by atoms with Crippen molar-refractivity contribution in [1.29, 1.82) is 0 Å². The first-order chi connectivity index (χ1) is 9.01. The molecule has 2 N–H and O–H groups in total. The van der Waals surface area contributed by atoms with Gasteiger partial charge < -0.3 is 10.6 Å². The molecule has 0 saturated carbocycles. The highest BCUT2D eigenvalue weighted by molar-refractivity contribution is 5.77. The number of nitrogens with one attached hydrogen (secondary N) is 2. The maximum absolute atomic E-state index is 11.7. The van der Waals surface area contributed by atoms with Crippen LogP contribution in [0.3, 0.4) is 0 Å². The Kier molecular flexibility index (Phi) is 6.29. The van der Waals surface area contributed by atoms with Crippen molar-refractivity contribution >= 4 is 11.7 Å². The molecule has 0 aliphatic carbocycles. The second kappa shape index (κ2) is 7.74. The lowest BCUT2D eigenvalue weighted by molar-refractivity contribution is -0.122. The molecule has 0 atom stereocenters. The van der Waals surface area contributed by atoms with E-state index in [4.69, 9.17) is 0 Å². The molecule has 0 spiro atoms. The minimum Gasteiger partial charge on any atom is -0.373 e. The van der Waals surface area contributed by atoms with Gasteiger partial charge in [-0.25, -0.2) is 4.98 Å². The van der Waals surface area contributed by atoms with E-state index in [1.807, 2.05) is 31.1 Å². The summed E-state index contributed by atoms with van der Waals surface area (Å²) in [7, 11) is 3.78. The van der Waals surface area contributed by atoms with Gasteiger partial charge in [0.05, 0.1) is 6.54 Å². The van der Waals surface area contributed by atoms with Gasteiger partial charge in [0, 0.05) is 26.3 Å². The van der Waals surface area contributed by atoms with Crippen LogP contribution in [0.5, 0.6) is 0 Å². The highest BCUT2D eigenvalue weighted by Crippen LogP contribution is 2.07. The molecule has 1 aromatic heterocycles. The first-order valence-electron chi connectivity index (χ1n) is 6.59. The van der Waals surface area contributed by atoms with Crippen molar-refractivity contribution < 1.29 is 4.79 Å². The van der Waals surface area contributed by atoms with Crippen molar-refractivity contribution in [2.75, 3.05) is 32.5 Å². The molecule has 1 amide bonds. The van der Waals surface area contributed by atoms with E-state index in [0.29, 0.717) is 12.5 Å². The van der Waals surface area contributed by atoms with Crippen LogP contribution < -0.4 is 10.6 Å². The molecule has 0 aliphatic heterocycles. The van der Waals surface area contributed by atoms with E-state index in [1.165, 1.54) is 0 Å². The fraction of sp³-hybridized carbons (Fsp3) is 0.571. The summed E-state index contributed by atoms with van der Waals surface area (Å²) >= 11 is 0. The molecule has 0 unspecified atom stereocenters. The molecule has 0 fully saturated rings. The maximum Gasteiger partial charge on any atom is 0.234 e. The Morgan fingerprint density at radius 1 is 1.47 bits per heavy atom. The van der Waals surface area contributed by atoms with Gasteiger partial charge in [0.2, 0.25) is 5.91 Å². The van der Waals surface area contributed by atoms with Crippen LogP contribution in [0.1, 0.15) is 19.4 Å². The van der Waals surface area contributed by atoms with Crippen molar-refractivity contribution in [3.63, 3.8) is 0 Å². The largest absolute Gasteiger partial charge is 0.373 e. The molecule has 1 aromatic rings. The van der Waals surface area contributed by atoms with Gasteiger partial charge in [-0.2, -0.15) is 0 Å². The molecule has 5 nitrogen and oxygen atoms in total. The van der Waals surface area contributed by atoms with Crippen molar-refractivity contribution in [1.82, 2.24) is 15.2 Å². The van der Waals surface area contributed by atoms with Crippen molar-refractivity contribution in [2.45, 2.75) is 20.4 Å². The Hall–Kier alpha value is -1.62. The van der Waals surface area contributed by atoms with Gasteiger partial charge in [0.25, 0.3) is 0 Å². The number of carbonyl (C=O) groups excluding carboxylic acids is 1. The number of rotatable bonds is 7. The van der Waals surface area contributed by atoms with Crippen LogP contribution in [0.15, 0.2) is 18.3 Å². The smallest absolute Gasteiger partial charge is 0.234 e. The lowest BCUT2D eigenvalue weighted by Gasteiger charge is -2.17. The summed E-state index contributed by atoms with van der Waals surface area (Å²) in [6, 6.07) is 3.95. The minimum atomic E-state index is 0.0686. The summed E-state index contributed by atoms with van der Waals surface area (Å²) in [6.45, 7) is 6.03. The Morgan fingerprint density at radius 3 is 2.84 bits per heavy atom. The highest BCUT2D eigenvalue weighted by atomic mass is 16.2. The lowest BCUT2D eigenvalue weighted by Crippen LogP contribution is -2.36. The van der Waals surface area contributed by atoms with Gasteiger partial charge in [0.1, 0.15) is 5.82 Å². The van der Waals surface area contributed by atoms with E-state index >= 15 is 0 Å². The average Bonchev–Trinajstić information content (AvgIpc) is 2.36. The van der Waals surface area contributed by atoms with E-state index in [2.05, 4.69) is 29.5 Å². The van der Waals surface area contributed by atoms with Crippen molar-refractivity contribution in [2.24, 2.45) is 5.92 Å². The molecular formula is C14H24N4O. The fourth-order valence-electron chi connectivity index (χ4n) is 1.70. The SMILES string of the molecule is CNc1cc(CN(C)CC(=O)NCC(C)C)ccn1. The summed E-state index contributed by atoms with van der Waals surface area (Å²) in [4.78, 5) is 17.9. The quantitative estimate of drug-likeness (QED) is 0.780. The molecule has 5 heteroatoms. The third kappa shape index (κ3) is 6.20. The number of pyridine rings is 1. The number of aromatic nitrogens is 1. The van der Waals surface area contributed by atoms with Gasteiger partial charge >= 0.3 is 0 Å². The molecule has 1 heterocycles. The number of carbonyl (C=O) groups is 1. The van der Waals surface area contributed by atoms with E-state index in [9.17, 15) is 4.79 Å². The van der Waals surface area contributed by atoms with Gasteiger partial charge in [-0.05, 0) is 30.7 Å². The summed E-state index contributed by atoms with van der Waals surface area (Å²) in [5.74, 6) is 1.39. The topological polar surface area (TPSA) is 57.3 Å². The number of anilines is 1. The third-order valence-electron chi connectivity index (χ3n) is 2.65. The second-order valence-corrected chi connectivity index (χ2v) is 5.17. The first kappa shape index (κ1) is 15.4. The van der Waals surface area contributed by atoms with Crippen molar-refractivity contribution in [3.8, 4) is 0 Å². The number of amides is 1. The van der Waals surface area contributed by atoms with Gasteiger partial charge in [-0.15, -0.1) is 0 Å². The molecule has 0 bridgehead atoms. The van der Waals surface area contributed by atoms with E-state index in [-0.39, 0.29) is 5.91 Å². The Labute approximate surface area is 115 Å². The predicted molar refractivity (Wildman–Crippen MR) is 78.0 cm³/mol. The summed E-state index contributed by atoms with van der Waals surface area (Å²) < 4.78 is 0. The molecule has 0 aromatic carbocycles. The van der Waals surface area contributed by atoms with Crippen LogP contribution in [0.4, 0.5) is 5.82 Å². The van der Waals surface area contributed by atoms with Gasteiger partial charge in [-0.3, -0.25) is 9.69 Å². The van der Waals surface area contributed by atoms with E-state index < -0.39 is 0 Å². The van der Waals surface area contributed by atoms with Crippen LogP contribution in [0.2, 0.25) is 0 Å². The fourth-order valence-corrected chi connectivity index (χ4v) is 1.70. The van der Waals surface area contributed by atoms with Crippen molar-refractivity contribution in [3.05, 3.63) is 23.9 Å². The Morgan fingerprint density at radius 2 is 2.21 bits per heavy atom. The Balaban J connectivity index is 2.41.